The number of ketones is 1. The number of fused-ring (bicyclic) bond motifs is 2. The number of hydrogen-bond donors (Lipinski definition) is 4. The smallest absolute Gasteiger partial charge is 0.315 e. The van der Waals surface area contributed by atoms with Gasteiger partial charge in [0.1, 0.15) is 12.1 Å². The third-order valence-electron chi connectivity index (χ3n) is 10.6. The lowest BCUT2D eigenvalue weighted by Crippen LogP contribution is -2.62. The Morgan fingerprint density at radius 2 is 1.53 bits per heavy atom. The van der Waals surface area contributed by atoms with Crippen LogP contribution >= 0.6 is 0 Å². The maximum absolute atomic E-state index is 14.4. The van der Waals surface area contributed by atoms with Crippen LogP contribution in [-0.2, 0) is 19.2 Å². The predicted octanol–water partition coefficient (Wildman–Crippen LogP) is 3.05. The summed E-state index contributed by atoms with van der Waals surface area (Å²) in [5.41, 5.74) is -0.985. The van der Waals surface area contributed by atoms with Crippen LogP contribution in [0.4, 0.5) is 4.79 Å². The van der Waals surface area contributed by atoms with Crippen molar-refractivity contribution in [1.82, 2.24) is 31.1 Å². The van der Waals surface area contributed by atoms with Crippen LogP contribution in [0, 0.1) is 28.1 Å². The molecule has 13 nitrogen and oxygen atoms in total. The molecule has 6 atom stereocenters. The Hall–Kier alpha value is -4.55. The first-order chi connectivity index (χ1) is 23.7. The van der Waals surface area contributed by atoms with E-state index in [0.29, 0.717) is 24.1 Å². The summed E-state index contributed by atoms with van der Waals surface area (Å²) in [5.74, 6) is -3.57. The highest BCUT2D eigenvalue weighted by Gasteiger charge is 2.70. The zero-order valence-electron chi connectivity index (χ0n) is 31.3. The van der Waals surface area contributed by atoms with Gasteiger partial charge in [-0.05, 0) is 46.6 Å². The summed E-state index contributed by atoms with van der Waals surface area (Å²) in [4.78, 5) is 96.5. The van der Waals surface area contributed by atoms with Crippen molar-refractivity contribution in [3.05, 3.63) is 48.0 Å². The third-order valence-corrected chi connectivity index (χ3v) is 10.6. The summed E-state index contributed by atoms with van der Waals surface area (Å²) in [6, 6.07) is 2.20. The molecule has 1 saturated carbocycles. The highest BCUT2D eigenvalue weighted by molar-refractivity contribution is 6.38. The van der Waals surface area contributed by atoms with E-state index in [1.54, 1.807) is 24.3 Å². The highest BCUT2D eigenvalue weighted by Crippen LogP contribution is 2.65. The molecule has 0 spiro atoms. The Balaban J connectivity index is 1.53. The summed E-state index contributed by atoms with van der Waals surface area (Å²) in [6.07, 6.45) is 2.23. The average Bonchev–Trinajstić information content (AvgIpc) is 3.30. The van der Waals surface area contributed by atoms with E-state index in [4.69, 9.17) is 0 Å². The number of nitrogens with zero attached hydrogens (tertiary/aromatic N) is 2. The van der Waals surface area contributed by atoms with Gasteiger partial charge < -0.3 is 26.2 Å². The van der Waals surface area contributed by atoms with Crippen molar-refractivity contribution >= 4 is 41.4 Å². The van der Waals surface area contributed by atoms with Gasteiger partial charge >= 0.3 is 6.03 Å². The number of hydrogen-bond acceptors (Lipinski definition) is 7. The number of rotatable bonds is 13. The molecule has 4 N–H and O–H groups in total. The van der Waals surface area contributed by atoms with Gasteiger partial charge in [0.05, 0.1) is 29.8 Å². The van der Waals surface area contributed by atoms with E-state index < -0.39 is 76.3 Å². The zero-order chi connectivity index (χ0) is 38.2. The van der Waals surface area contributed by atoms with Crippen molar-refractivity contribution in [1.29, 1.82) is 0 Å². The molecule has 1 unspecified atom stereocenters. The summed E-state index contributed by atoms with van der Waals surface area (Å²) in [7, 11) is 0. The second-order valence-corrected chi connectivity index (χ2v) is 16.7. The number of piperidine rings is 1. The normalized spacial score (nSPS) is 22.3. The van der Waals surface area contributed by atoms with Crippen molar-refractivity contribution in [3.63, 3.8) is 0 Å². The van der Waals surface area contributed by atoms with Crippen LogP contribution in [0.2, 0.25) is 0 Å². The second kappa shape index (κ2) is 14.6. The summed E-state index contributed by atoms with van der Waals surface area (Å²) in [6.45, 7) is 20.8. The van der Waals surface area contributed by atoms with Crippen LogP contribution in [-0.4, -0.2) is 95.0 Å². The summed E-state index contributed by atoms with van der Waals surface area (Å²) >= 11 is 0. The van der Waals surface area contributed by atoms with Gasteiger partial charge in [-0.1, -0.05) is 86.9 Å². The van der Waals surface area contributed by atoms with E-state index in [2.05, 4.69) is 27.8 Å². The summed E-state index contributed by atoms with van der Waals surface area (Å²) in [5, 5.41) is 11.0. The Morgan fingerprint density at radius 3 is 2.04 bits per heavy atom. The number of carbonyl (C=O) groups is 7. The van der Waals surface area contributed by atoms with Crippen molar-refractivity contribution in [3.8, 4) is 0 Å². The quantitative estimate of drug-likeness (QED) is 0.139. The first kappa shape index (κ1) is 39.2. The Bertz CT molecular complexity index is 1570. The van der Waals surface area contributed by atoms with E-state index >= 15 is 0 Å². The Labute approximate surface area is 300 Å². The molecule has 2 aliphatic heterocycles. The fraction of sp³-hybridized carbons (Fsp3) is 0.605. The van der Waals surface area contributed by atoms with Gasteiger partial charge in [0, 0.05) is 13.1 Å². The predicted molar refractivity (Wildman–Crippen MR) is 191 cm³/mol. The van der Waals surface area contributed by atoms with Crippen LogP contribution in [0.3, 0.4) is 0 Å². The minimum absolute atomic E-state index is 0.0350. The van der Waals surface area contributed by atoms with Crippen LogP contribution in [0.5, 0.6) is 0 Å². The fourth-order valence-electron chi connectivity index (χ4n) is 7.31. The van der Waals surface area contributed by atoms with Crippen molar-refractivity contribution < 1.29 is 33.6 Å². The lowest BCUT2D eigenvalue weighted by Gasteiger charge is -2.39. The summed E-state index contributed by atoms with van der Waals surface area (Å²) < 4.78 is 0. The molecule has 4 rings (SSSR count). The van der Waals surface area contributed by atoms with Crippen molar-refractivity contribution in [2.75, 3.05) is 19.6 Å². The number of urea groups is 1. The molecular formula is C38H54N6O7. The number of imide groups is 1. The van der Waals surface area contributed by atoms with E-state index in [-0.39, 0.29) is 36.8 Å². The number of benzene rings is 1. The average molecular weight is 707 g/mol. The van der Waals surface area contributed by atoms with Gasteiger partial charge in [0.15, 0.2) is 0 Å². The van der Waals surface area contributed by atoms with Crippen LogP contribution in [0.15, 0.2) is 36.9 Å². The molecule has 1 aliphatic carbocycles. The molecule has 0 radical (unpaired) electrons. The molecular weight excluding hydrogens is 652 g/mol. The molecule has 1 saturated heterocycles. The molecule has 51 heavy (non-hydrogen) atoms. The van der Waals surface area contributed by atoms with E-state index in [0.717, 1.165) is 4.90 Å². The Kier molecular flexibility index (Phi) is 11.2. The van der Waals surface area contributed by atoms with Gasteiger partial charge in [-0.15, -0.1) is 6.58 Å². The molecule has 278 valence electrons. The standard InChI is InChI=1S/C38H54N6O7/c1-11-15-24(28(45)31(47)39-18-12-2)40-30(46)27-26-23(38(26,9)10)19-43(27)34(50)29(37(6,7)8)42-35(51)41-25(36(3,4)5)20-44-32(48)21-16-13-14-17-22(21)33(44)49/h12-14,16-17,23-27,29H,2,11,15,18-20H2,1,3-10H3,(H,39,47)(H,40,46)(H2,41,42,51)/t23-,24?,25+,26-,27-,29+/m0/s1. The minimum atomic E-state index is -1.07. The molecule has 2 fully saturated rings. The van der Waals surface area contributed by atoms with Crippen LogP contribution in [0.1, 0.15) is 95.9 Å². The minimum Gasteiger partial charge on any atom is -0.346 e. The number of Topliss-reactive ketones (excluding diaryl/α,β-unsaturated/α-hetero) is 1. The topological polar surface area (TPSA) is 174 Å². The third kappa shape index (κ3) is 8.02. The molecule has 1 aromatic rings. The van der Waals surface area contributed by atoms with E-state index in [1.165, 1.54) is 11.0 Å². The molecule has 0 aromatic heterocycles. The van der Waals surface area contributed by atoms with Crippen molar-refractivity contribution in [2.24, 2.45) is 28.1 Å². The maximum Gasteiger partial charge on any atom is 0.315 e. The van der Waals surface area contributed by atoms with Gasteiger partial charge in [-0.25, -0.2) is 4.79 Å². The molecule has 0 bridgehead atoms. The van der Waals surface area contributed by atoms with Crippen LogP contribution < -0.4 is 21.3 Å². The zero-order valence-corrected chi connectivity index (χ0v) is 31.3. The lowest BCUT2D eigenvalue weighted by molar-refractivity contribution is -0.145. The van der Waals surface area contributed by atoms with E-state index in [9.17, 15) is 33.6 Å². The maximum atomic E-state index is 14.4. The molecule has 13 heteroatoms. The number of nitrogens with one attached hydrogen (secondary N) is 4. The van der Waals surface area contributed by atoms with Gasteiger partial charge in [0.2, 0.25) is 17.6 Å². The first-order valence-corrected chi connectivity index (χ1v) is 17.7. The molecule has 3 aliphatic rings. The second-order valence-electron chi connectivity index (χ2n) is 16.7. The Morgan fingerprint density at radius 1 is 0.941 bits per heavy atom. The molecule has 7 amide bonds. The first-order valence-electron chi connectivity index (χ1n) is 17.7. The van der Waals surface area contributed by atoms with Gasteiger partial charge in [0.25, 0.3) is 17.7 Å². The van der Waals surface area contributed by atoms with Gasteiger partial charge in [-0.3, -0.25) is 33.7 Å². The van der Waals surface area contributed by atoms with E-state index in [1.807, 2.05) is 62.3 Å². The molecule has 1 aromatic carbocycles. The largest absolute Gasteiger partial charge is 0.346 e. The number of amides is 7. The van der Waals surface area contributed by atoms with Gasteiger partial charge in [-0.2, -0.15) is 0 Å². The van der Waals surface area contributed by atoms with Crippen LogP contribution in [0.25, 0.3) is 0 Å². The van der Waals surface area contributed by atoms with Crippen molar-refractivity contribution in [2.45, 2.75) is 99.3 Å². The number of carbonyl (C=O) groups excluding carboxylic acids is 7. The number of likely N-dealkylation sites (tertiary alicyclic amines) is 1. The highest BCUT2D eigenvalue weighted by atomic mass is 16.2. The fourth-order valence-corrected chi connectivity index (χ4v) is 7.31. The monoisotopic (exact) mass is 706 g/mol. The molecule has 2 heterocycles. The SMILES string of the molecule is C=CCNC(=O)C(=O)C(CCC)NC(=O)[C@@H]1[C@@H]2[C@H](CN1C(=O)[C@@H](NC(=O)N[C@H](CN1C(=O)c3ccccc3C1=O)C(C)(C)C)C(C)(C)C)C2(C)C. The lowest BCUT2D eigenvalue weighted by atomic mass is 9.85.